The molecule has 0 spiro atoms. The van der Waals surface area contributed by atoms with Crippen LogP contribution in [-0.2, 0) is 0 Å². The van der Waals surface area contributed by atoms with E-state index in [0.717, 1.165) is 12.8 Å². The van der Waals surface area contributed by atoms with Gasteiger partial charge in [-0.2, -0.15) is 0 Å². The van der Waals surface area contributed by atoms with Crippen LogP contribution in [0.25, 0.3) is 0 Å². The van der Waals surface area contributed by atoms with Crippen LogP contribution in [0.15, 0.2) is 71.4 Å². The average molecular weight is 240 g/mol. The lowest BCUT2D eigenvalue weighted by molar-refractivity contribution is 1.25. The van der Waals surface area contributed by atoms with Crippen LogP contribution >= 0.6 is 0 Å². The normalized spacial score (nSPS) is 18.5. The Bertz CT molecular complexity index is 389. The summed E-state index contributed by atoms with van der Waals surface area (Å²) < 4.78 is 0. The second-order valence-corrected chi connectivity index (χ2v) is 4.82. The molecule has 0 aromatic rings. The first-order valence-electron chi connectivity index (χ1n) is 6.67. The third kappa shape index (κ3) is 6.90. The molecule has 0 aromatic heterocycles. The second kappa shape index (κ2) is 8.52. The highest BCUT2D eigenvalue weighted by Crippen LogP contribution is 2.07. The summed E-state index contributed by atoms with van der Waals surface area (Å²) in [6.45, 7) is 6.37. The van der Waals surface area contributed by atoms with Crippen molar-refractivity contribution in [1.29, 1.82) is 0 Å². The third-order valence-electron chi connectivity index (χ3n) is 2.87. The van der Waals surface area contributed by atoms with Crippen molar-refractivity contribution in [3.05, 3.63) is 71.4 Å². The summed E-state index contributed by atoms with van der Waals surface area (Å²) in [7, 11) is 0. The van der Waals surface area contributed by atoms with Crippen molar-refractivity contribution in [2.75, 3.05) is 0 Å². The summed E-state index contributed by atoms with van der Waals surface area (Å²) in [6.07, 6.45) is 22.9. The predicted octanol–water partition coefficient (Wildman–Crippen LogP) is 5.68. The van der Waals surface area contributed by atoms with Gasteiger partial charge in [-0.05, 0) is 40.0 Å². The van der Waals surface area contributed by atoms with Gasteiger partial charge in [0.15, 0.2) is 0 Å². The molecule has 0 heterocycles. The molecule has 0 bridgehead atoms. The molecular formula is C18H24. The Hall–Kier alpha value is -1.56. The van der Waals surface area contributed by atoms with Crippen LogP contribution < -0.4 is 0 Å². The Balaban J connectivity index is 0.000000135. The van der Waals surface area contributed by atoms with Gasteiger partial charge in [-0.25, -0.2) is 0 Å². The summed E-state index contributed by atoms with van der Waals surface area (Å²) >= 11 is 0. The van der Waals surface area contributed by atoms with Crippen LogP contribution in [0, 0.1) is 0 Å². The van der Waals surface area contributed by atoms with Crippen molar-refractivity contribution in [3.8, 4) is 0 Å². The highest BCUT2D eigenvalue weighted by molar-refractivity contribution is 5.23. The van der Waals surface area contributed by atoms with E-state index in [1.165, 1.54) is 23.1 Å². The number of hydrogen-bond donors (Lipinski definition) is 0. The van der Waals surface area contributed by atoms with Gasteiger partial charge in [0.2, 0.25) is 0 Å². The molecule has 3 rings (SSSR count). The summed E-state index contributed by atoms with van der Waals surface area (Å²) in [5, 5.41) is 0. The molecule has 0 unspecified atom stereocenters. The highest BCUT2D eigenvalue weighted by Gasteiger charge is 1.86. The van der Waals surface area contributed by atoms with E-state index in [0.29, 0.717) is 0 Å². The van der Waals surface area contributed by atoms with Gasteiger partial charge < -0.3 is 0 Å². The van der Waals surface area contributed by atoms with Crippen molar-refractivity contribution < 1.29 is 0 Å². The molecule has 0 saturated carbocycles. The van der Waals surface area contributed by atoms with Crippen LogP contribution in [0.1, 0.15) is 40.0 Å². The molecule has 18 heavy (non-hydrogen) atoms. The maximum Gasteiger partial charge on any atom is -0.0135 e. The Kier molecular flexibility index (Phi) is 6.86. The van der Waals surface area contributed by atoms with E-state index in [1.54, 1.807) is 0 Å². The molecule has 0 N–H and O–H groups in total. The standard InChI is InChI=1S/3C6H8/c3*1-6-4-2-3-5-6/h2*2,4-5H,3H2,1H3;2-4H,5H2,1H3. The van der Waals surface area contributed by atoms with Crippen LogP contribution in [0.3, 0.4) is 0 Å². The molecule has 3 aliphatic carbocycles. The minimum absolute atomic E-state index is 1.14. The Morgan fingerprint density at radius 3 is 1.44 bits per heavy atom. The molecule has 0 saturated heterocycles. The van der Waals surface area contributed by atoms with Crippen molar-refractivity contribution in [1.82, 2.24) is 0 Å². The topological polar surface area (TPSA) is 0 Å². The first kappa shape index (κ1) is 14.5. The summed E-state index contributed by atoms with van der Waals surface area (Å²) in [5.74, 6) is 0. The Morgan fingerprint density at radius 1 is 0.778 bits per heavy atom. The van der Waals surface area contributed by atoms with Gasteiger partial charge in [0, 0.05) is 0 Å². The Morgan fingerprint density at radius 2 is 1.33 bits per heavy atom. The maximum atomic E-state index is 2.21. The van der Waals surface area contributed by atoms with E-state index >= 15 is 0 Å². The van der Waals surface area contributed by atoms with Crippen LogP contribution in [0.5, 0.6) is 0 Å². The van der Waals surface area contributed by atoms with Crippen molar-refractivity contribution >= 4 is 0 Å². The van der Waals surface area contributed by atoms with Crippen molar-refractivity contribution in [2.45, 2.75) is 40.0 Å². The molecule has 0 fully saturated rings. The zero-order valence-corrected chi connectivity index (χ0v) is 11.8. The molecule has 0 amide bonds. The molecule has 0 heteroatoms. The molecule has 0 aliphatic heterocycles. The quantitative estimate of drug-likeness (QED) is 0.511. The van der Waals surface area contributed by atoms with Crippen LogP contribution in [-0.4, -0.2) is 0 Å². The third-order valence-corrected chi connectivity index (χ3v) is 2.87. The molecule has 96 valence electrons. The smallest absolute Gasteiger partial charge is 0.0135 e. The predicted molar refractivity (Wildman–Crippen MR) is 82.5 cm³/mol. The first-order chi connectivity index (χ1) is 8.68. The lowest BCUT2D eigenvalue weighted by Gasteiger charge is -1.78. The number of allylic oxidation sites excluding steroid dienone is 12. The SMILES string of the molecule is CC1=CC=CC1.CC1=CCC=C1.CC1=CCC=C1. The molecule has 0 atom stereocenters. The van der Waals surface area contributed by atoms with Gasteiger partial charge in [0.1, 0.15) is 0 Å². The minimum Gasteiger partial charge on any atom is -0.0805 e. The molecule has 0 aromatic carbocycles. The summed E-state index contributed by atoms with van der Waals surface area (Å²) in [4.78, 5) is 0. The van der Waals surface area contributed by atoms with Gasteiger partial charge in [-0.1, -0.05) is 71.4 Å². The van der Waals surface area contributed by atoms with Crippen LogP contribution in [0.2, 0.25) is 0 Å². The Labute approximate surface area is 112 Å². The van der Waals surface area contributed by atoms with E-state index < -0.39 is 0 Å². The number of hydrogen-bond acceptors (Lipinski definition) is 0. The summed E-state index contributed by atoms with van der Waals surface area (Å²) in [5.41, 5.74) is 4.26. The maximum absolute atomic E-state index is 2.21. The first-order valence-corrected chi connectivity index (χ1v) is 6.67. The lowest BCUT2D eigenvalue weighted by Crippen LogP contribution is -1.58. The lowest BCUT2D eigenvalue weighted by atomic mass is 10.3. The van der Waals surface area contributed by atoms with Gasteiger partial charge in [-0.3, -0.25) is 0 Å². The zero-order valence-electron chi connectivity index (χ0n) is 11.8. The largest absolute Gasteiger partial charge is 0.0805 e. The number of rotatable bonds is 0. The zero-order chi connectivity index (χ0) is 13.2. The fraction of sp³-hybridized carbons (Fsp3) is 0.333. The highest BCUT2D eigenvalue weighted by atomic mass is 13.9. The fourth-order valence-electron chi connectivity index (χ4n) is 1.71. The van der Waals surface area contributed by atoms with Crippen molar-refractivity contribution in [3.63, 3.8) is 0 Å². The van der Waals surface area contributed by atoms with E-state index in [9.17, 15) is 0 Å². The summed E-state index contributed by atoms with van der Waals surface area (Å²) in [6, 6.07) is 0. The van der Waals surface area contributed by atoms with Crippen LogP contribution in [0.4, 0.5) is 0 Å². The van der Waals surface area contributed by atoms with E-state index in [2.05, 4.69) is 75.5 Å². The van der Waals surface area contributed by atoms with Gasteiger partial charge in [0.05, 0.1) is 0 Å². The van der Waals surface area contributed by atoms with Gasteiger partial charge in [0.25, 0.3) is 0 Å². The van der Waals surface area contributed by atoms with Gasteiger partial charge in [-0.15, -0.1) is 0 Å². The van der Waals surface area contributed by atoms with E-state index in [-0.39, 0.29) is 0 Å². The molecule has 0 radical (unpaired) electrons. The van der Waals surface area contributed by atoms with Crippen molar-refractivity contribution in [2.24, 2.45) is 0 Å². The average Bonchev–Trinajstić information content (AvgIpc) is 3.05. The van der Waals surface area contributed by atoms with E-state index in [4.69, 9.17) is 0 Å². The fourth-order valence-corrected chi connectivity index (χ4v) is 1.71. The second-order valence-electron chi connectivity index (χ2n) is 4.82. The molecular weight excluding hydrogens is 216 g/mol. The molecule has 3 aliphatic rings. The minimum atomic E-state index is 1.14. The van der Waals surface area contributed by atoms with Gasteiger partial charge >= 0.3 is 0 Å². The van der Waals surface area contributed by atoms with E-state index in [1.807, 2.05) is 0 Å². The monoisotopic (exact) mass is 240 g/mol. The molecule has 0 nitrogen and oxygen atoms in total.